The highest BCUT2D eigenvalue weighted by molar-refractivity contribution is 9.10. The number of anilines is 1. The highest BCUT2D eigenvalue weighted by Gasteiger charge is 2.20. The van der Waals surface area contributed by atoms with E-state index in [0.717, 1.165) is 38.8 Å². The summed E-state index contributed by atoms with van der Waals surface area (Å²) in [5, 5.41) is 2.91. The van der Waals surface area contributed by atoms with Crippen molar-refractivity contribution in [3.8, 4) is 5.75 Å². The van der Waals surface area contributed by atoms with Crippen molar-refractivity contribution in [3.05, 3.63) is 56.5 Å². The van der Waals surface area contributed by atoms with Crippen molar-refractivity contribution in [2.24, 2.45) is 0 Å². The van der Waals surface area contributed by atoms with Crippen LogP contribution in [-0.2, 0) is 16.6 Å². The third-order valence-corrected chi connectivity index (χ3v) is 5.38. The summed E-state index contributed by atoms with van der Waals surface area (Å²) in [5.74, 6) is 0.551. The van der Waals surface area contributed by atoms with Gasteiger partial charge < -0.3 is 10.1 Å². The minimum Gasteiger partial charge on any atom is -0.483 e. The van der Waals surface area contributed by atoms with E-state index in [0.29, 0.717) is 0 Å². The maximum atomic E-state index is 12.4. The first-order valence-corrected chi connectivity index (χ1v) is 10.8. The molecule has 0 spiro atoms. The Morgan fingerprint density at radius 2 is 1.85 bits per heavy atom. The fraction of sp³-hybridized carbons (Fsp3) is 0.409. The number of ether oxygens (including phenoxy) is 1. The monoisotopic (exact) mass is 495 g/mol. The molecule has 0 aliphatic heterocycles. The summed E-state index contributed by atoms with van der Waals surface area (Å²) >= 11 is 7.05. The minimum absolute atomic E-state index is 0.0330. The van der Waals surface area contributed by atoms with Crippen LogP contribution in [0.1, 0.15) is 51.7 Å². The number of hydrogen-bond acceptors (Lipinski definition) is 2. The lowest BCUT2D eigenvalue weighted by Crippen LogP contribution is -2.22. The molecule has 2 aromatic carbocycles. The molecule has 1 amide bonds. The fourth-order valence-electron chi connectivity index (χ4n) is 2.74. The number of nitrogens with one attached hydrogen (secondary N) is 1. The second kappa shape index (κ2) is 9.74. The zero-order valence-electron chi connectivity index (χ0n) is 16.4. The van der Waals surface area contributed by atoms with Gasteiger partial charge in [0.05, 0.1) is 5.69 Å². The van der Waals surface area contributed by atoms with E-state index in [1.165, 1.54) is 12.0 Å². The van der Waals surface area contributed by atoms with Gasteiger partial charge in [0.25, 0.3) is 5.91 Å². The van der Waals surface area contributed by atoms with Crippen LogP contribution in [0.25, 0.3) is 0 Å². The topological polar surface area (TPSA) is 38.3 Å². The van der Waals surface area contributed by atoms with Gasteiger partial charge in [-0.2, -0.15) is 0 Å². The van der Waals surface area contributed by atoms with Crippen LogP contribution < -0.4 is 10.1 Å². The average Bonchev–Trinajstić information content (AvgIpc) is 2.60. The predicted molar refractivity (Wildman–Crippen MR) is 120 cm³/mol. The van der Waals surface area contributed by atoms with Crippen LogP contribution in [0.2, 0.25) is 0 Å². The van der Waals surface area contributed by atoms with E-state index in [1.54, 1.807) is 0 Å². The third kappa shape index (κ3) is 6.65. The standard InChI is InChI=1S/C22H27Br2NO2/c1-5-6-7-15-8-10-19(18(24)12-15)25-21(26)14-27-20-11-9-16(23)13-17(20)22(2,3)4/h8-13H,5-7,14H2,1-4H3,(H,25,26). The zero-order valence-corrected chi connectivity index (χ0v) is 19.5. The van der Waals surface area contributed by atoms with E-state index in [1.807, 2.05) is 24.3 Å². The number of carbonyl (C=O) groups is 1. The highest BCUT2D eigenvalue weighted by atomic mass is 79.9. The Hall–Kier alpha value is -1.33. The predicted octanol–water partition coefficient (Wildman–Crippen LogP) is 6.87. The first-order chi connectivity index (χ1) is 12.7. The summed E-state index contributed by atoms with van der Waals surface area (Å²) in [4.78, 5) is 12.4. The molecule has 0 aliphatic rings. The van der Waals surface area contributed by atoms with Crippen LogP contribution in [0.15, 0.2) is 45.3 Å². The van der Waals surface area contributed by atoms with Crippen molar-refractivity contribution in [2.45, 2.75) is 52.4 Å². The van der Waals surface area contributed by atoms with Crippen molar-refractivity contribution >= 4 is 43.5 Å². The van der Waals surface area contributed by atoms with Crippen LogP contribution in [0.4, 0.5) is 5.69 Å². The number of benzene rings is 2. The maximum absolute atomic E-state index is 12.4. The Labute approximate surface area is 179 Å². The number of carbonyl (C=O) groups excluding carboxylic acids is 1. The van der Waals surface area contributed by atoms with Gasteiger partial charge in [-0.05, 0) is 70.1 Å². The lowest BCUT2D eigenvalue weighted by molar-refractivity contribution is -0.118. The Kier molecular flexibility index (Phi) is 7.92. The van der Waals surface area contributed by atoms with Gasteiger partial charge in [-0.25, -0.2) is 0 Å². The van der Waals surface area contributed by atoms with E-state index < -0.39 is 0 Å². The number of hydrogen-bond donors (Lipinski definition) is 1. The quantitative estimate of drug-likeness (QED) is 0.454. The molecule has 0 fully saturated rings. The molecule has 2 rings (SSSR count). The number of rotatable bonds is 7. The van der Waals surface area contributed by atoms with Crippen molar-refractivity contribution in [3.63, 3.8) is 0 Å². The van der Waals surface area contributed by atoms with Crippen LogP contribution in [-0.4, -0.2) is 12.5 Å². The molecular formula is C22H27Br2NO2. The molecule has 5 heteroatoms. The van der Waals surface area contributed by atoms with Crippen LogP contribution in [0.5, 0.6) is 5.75 Å². The normalized spacial score (nSPS) is 11.3. The molecule has 0 aromatic heterocycles. The van der Waals surface area contributed by atoms with Crippen LogP contribution >= 0.6 is 31.9 Å². The highest BCUT2D eigenvalue weighted by Crippen LogP contribution is 2.33. The lowest BCUT2D eigenvalue weighted by Gasteiger charge is -2.23. The van der Waals surface area contributed by atoms with Gasteiger partial charge in [0.15, 0.2) is 6.61 Å². The minimum atomic E-state index is -0.181. The van der Waals surface area contributed by atoms with E-state index >= 15 is 0 Å². The van der Waals surface area contributed by atoms with Crippen molar-refractivity contribution < 1.29 is 9.53 Å². The first kappa shape index (κ1) is 22.0. The fourth-order valence-corrected chi connectivity index (χ4v) is 3.63. The SMILES string of the molecule is CCCCc1ccc(NC(=O)COc2ccc(Br)cc2C(C)(C)C)c(Br)c1. The summed E-state index contributed by atoms with van der Waals surface area (Å²) < 4.78 is 7.71. The summed E-state index contributed by atoms with van der Waals surface area (Å²) in [6.07, 6.45) is 3.38. The van der Waals surface area contributed by atoms with Crippen molar-refractivity contribution in [2.75, 3.05) is 11.9 Å². The molecular weight excluding hydrogens is 470 g/mol. The number of halogens is 2. The molecule has 0 saturated carbocycles. The molecule has 27 heavy (non-hydrogen) atoms. The molecule has 0 aliphatic carbocycles. The molecule has 0 bridgehead atoms. The third-order valence-electron chi connectivity index (χ3n) is 4.23. The molecule has 3 nitrogen and oxygen atoms in total. The van der Waals surface area contributed by atoms with Gasteiger partial charge in [0.2, 0.25) is 0 Å². The van der Waals surface area contributed by atoms with E-state index in [4.69, 9.17) is 4.74 Å². The van der Waals surface area contributed by atoms with Gasteiger partial charge in [-0.1, -0.05) is 56.1 Å². The van der Waals surface area contributed by atoms with E-state index in [-0.39, 0.29) is 17.9 Å². The molecule has 0 saturated heterocycles. The van der Waals surface area contributed by atoms with Gasteiger partial charge in [0.1, 0.15) is 5.75 Å². The van der Waals surface area contributed by atoms with Crippen LogP contribution in [0.3, 0.4) is 0 Å². The largest absolute Gasteiger partial charge is 0.483 e. The van der Waals surface area contributed by atoms with Crippen molar-refractivity contribution in [1.82, 2.24) is 0 Å². The second-order valence-corrected chi connectivity index (χ2v) is 9.42. The lowest BCUT2D eigenvalue weighted by atomic mass is 9.86. The number of aryl methyl sites for hydroxylation is 1. The molecule has 2 aromatic rings. The summed E-state index contributed by atoms with van der Waals surface area (Å²) in [5.41, 5.74) is 3.01. The van der Waals surface area contributed by atoms with Gasteiger partial charge in [-0.15, -0.1) is 0 Å². The first-order valence-electron chi connectivity index (χ1n) is 9.22. The van der Waals surface area contributed by atoms with Gasteiger partial charge in [-0.3, -0.25) is 4.79 Å². The van der Waals surface area contributed by atoms with Crippen molar-refractivity contribution in [1.29, 1.82) is 0 Å². The van der Waals surface area contributed by atoms with Gasteiger partial charge in [0, 0.05) is 14.5 Å². The Balaban J connectivity index is 2.01. The average molecular weight is 497 g/mol. The van der Waals surface area contributed by atoms with E-state index in [2.05, 4.69) is 77.0 Å². The molecule has 0 unspecified atom stereocenters. The summed E-state index contributed by atoms with van der Waals surface area (Å²) in [6.45, 7) is 8.52. The Bertz CT molecular complexity index is 797. The molecule has 1 N–H and O–H groups in total. The van der Waals surface area contributed by atoms with E-state index in [9.17, 15) is 4.79 Å². The summed E-state index contributed by atoms with van der Waals surface area (Å²) in [7, 11) is 0. The van der Waals surface area contributed by atoms with Gasteiger partial charge >= 0.3 is 0 Å². The molecule has 0 atom stereocenters. The Morgan fingerprint density at radius 1 is 1.11 bits per heavy atom. The number of unbranched alkanes of at least 4 members (excludes halogenated alkanes) is 1. The molecule has 146 valence electrons. The Morgan fingerprint density at radius 3 is 2.48 bits per heavy atom. The molecule has 0 radical (unpaired) electrons. The van der Waals surface area contributed by atoms with Crippen LogP contribution in [0, 0.1) is 0 Å². The smallest absolute Gasteiger partial charge is 0.262 e. The number of amides is 1. The maximum Gasteiger partial charge on any atom is 0.262 e. The second-order valence-electron chi connectivity index (χ2n) is 7.65. The zero-order chi connectivity index (χ0) is 20.0. The molecule has 0 heterocycles. The summed E-state index contributed by atoms with van der Waals surface area (Å²) in [6, 6.07) is 11.9.